The molecule has 0 unspecified atom stereocenters. The highest BCUT2D eigenvalue weighted by Crippen LogP contribution is 2.11. The summed E-state index contributed by atoms with van der Waals surface area (Å²) in [5.41, 5.74) is 0. The molecule has 0 bridgehead atoms. The molecule has 1 aliphatic rings. The number of nitrogens with one attached hydrogen (secondary N) is 1. The minimum Gasteiger partial charge on any atom is -0.344 e. The number of thioether (sulfide) groups is 1. The second-order valence-electron chi connectivity index (χ2n) is 3.03. The maximum absolute atomic E-state index is 11.6. The molecule has 4 heteroatoms. The molecule has 1 rings (SSSR count). The summed E-state index contributed by atoms with van der Waals surface area (Å²) in [4.78, 5) is 13.4. The van der Waals surface area contributed by atoms with Crippen molar-refractivity contribution in [1.82, 2.24) is 10.2 Å². The molecule has 0 radical (unpaired) electrons. The standard InChI is InChI=1S/C8H16N2OS/c1-3-4-10(2)8(11)7-5-12-6-9-7/h7,9H,3-6H2,1-2H3/t7-/m1/s1. The number of carbonyl (C=O) groups is 1. The summed E-state index contributed by atoms with van der Waals surface area (Å²) < 4.78 is 0. The molecule has 0 saturated carbocycles. The molecule has 1 atom stereocenters. The van der Waals surface area contributed by atoms with Gasteiger partial charge in [0.25, 0.3) is 0 Å². The lowest BCUT2D eigenvalue weighted by molar-refractivity contribution is -0.131. The van der Waals surface area contributed by atoms with E-state index >= 15 is 0 Å². The van der Waals surface area contributed by atoms with E-state index in [0.29, 0.717) is 0 Å². The van der Waals surface area contributed by atoms with Crippen molar-refractivity contribution in [1.29, 1.82) is 0 Å². The molecule has 1 heterocycles. The third-order valence-corrected chi connectivity index (χ3v) is 2.89. The van der Waals surface area contributed by atoms with Crippen LogP contribution in [0.2, 0.25) is 0 Å². The summed E-state index contributed by atoms with van der Waals surface area (Å²) in [6, 6.07) is 0.0616. The molecule has 12 heavy (non-hydrogen) atoms. The molecule has 0 spiro atoms. The van der Waals surface area contributed by atoms with Gasteiger partial charge in [0.05, 0.1) is 6.04 Å². The van der Waals surface area contributed by atoms with Crippen LogP contribution in [0.4, 0.5) is 0 Å². The number of hydrogen-bond acceptors (Lipinski definition) is 3. The number of likely N-dealkylation sites (N-methyl/N-ethyl adjacent to an activating group) is 1. The number of amides is 1. The topological polar surface area (TPSA) is 32.3 Å². The second-order valence-corrected chi connectivity index (χ2v) is 4.06. The Morgan fingerprint density at radius 1 is 1.75 bits per heavy atom. The van der Waals surface area contributed by atoms with Gasteiger partial charge in [-0.05, 0) is 6.42 Å². The third-order valence-electron chi connectivity index (χ3n) is 1.95. The Morgan fingerprint density at radius 3 is 3.00 bits per heavy atom. The van der Waals surface area contributed by atoms with E-state index < -0.39 is 0 Å². The lowest BCUT2D eigenvalue weighted by atomic mass is 10.3. The van der Waals surface area contributed by atoms with Crippen LogP contribution in [0.15, 0.2) is 0 Å². The molecule has 0 aliphatic carbocycles. The van der Waals surface area contributed by atoms with Gasteiger partial charge in [-0.3, -0.25) is 10.1 Å². The molecule has 0 aromatic rings. The summed E-state index contributed by atoms with van der Waals surface area (Å²) in [5, 5.41) is 3.17. The molecule has 1 saturated heterocycles. The first-order valence-electron chi connectivity index (χ1n) is 4.31. The summed E-state index contributed by atoms with van der Waals surface area (Å²) in [7, 11) is 1.87. The summed E-state index contributed by atoms with van der Waals surface area (Å²) in [6.45, 7) is 2.95. The number of rotatable bonds is 3. The zero-order valence-corrected chi connectivity index (χ0v) is 8.49. The van der Waals surface area contributed by atoms with E-state index in [4.69, 9.17) is 0 Å². The van der Waals surface area contributed by atoms with Crippen LogP contribution in [0.25, 0.3) is 0 Å². The van der Waals surface area contributed by atoms with Gasteiger partial charge < -0.3 is 4.90 Å². The third kappa shape index (κ3) is 2.38. The predicted octanol–water partition coefficient (Wildman–Crippen LogP) is 0.517. The van der Waals surface area contributed by atoms with Crippen LogP contribution in [0.5, 0.6) is 0 Å². The molecule has 3 nitrogen and oxygen atoms in total. The minimum atomic E-state index is 0.0616. The van der Waals surface area contributed by atoms with Gasteiger partial charge in [-0.15, -0.1) is 11.8 Å². The van der Waals surface area contributed by atoms with E-state index in [1.807, 2.05) is 11.9 Å². The quantitative estimate of drug-likeness (QED) is 0.700. The van der Waals surface area contributed by atoms with E-state index in [9.17, 15) is 4.79 Å². The Morgan fingerprint density at radius 2 is 2.50 bits per heavy atom. The number of nitrogens with zero attached hydrogens (tertiary/aromatic N) is 1. The Kier molecular flexibility index (Phi) is 3.88. The van der Waals surface area contributed by atoms with Crippen LogP contribution in [-0.2, 0) is 4.79 Å². The second kappa shape index (κ2) is 4.72. The molecular formula is C8H16N2OS. The van der Waals surface area contributed by atoms with Gasteiger partial charge in [0.15, 0.2) is 0 Å². The van der Waals surface area contributed by atoms with E-state index in [2.05, 4.69) is 12.2 Å². The van der Waals surface area contributed by atoms with Gasteiger partial charge in [-0.25, -0.2) is 0 Å². The molecule has 70 valence electrons. The first-order valence-corrected chi connectivity index (χ1v) is 5.47. The largest absolute Gasteiger partial charge is 0.344 e. The van der Waals surface area contributed by atoms with E-state index in [-0.39, 0.29) is 11.9 Å². The van der Waals surface area contributed by atoms with Gasteiger partial charge in [0.2, 0.25) is 5.91 Å². The predicted molar refractivity (Wildman–Crippen MR) is 52.2 cm³/mol. The van der Waals surface area contributed by atoms with E-state index in [1.165, 1.54) is 0 Å². The molecule has 1 N–H and O–H groups in total. The fraction of sp³-hybridized carbons (Fsp3) is 0.875. The SMILES string of the molecule is CCCN(C)C(=O)[C@H]1CSCN1. The van der Waals surface area contributed by atoms with Crippen molar-refractivity contribution in [3.05, 3.63) is 0 Å². The fourth-order valence-electron chi connectivity index (χ4n) is 1.27. The van der Waals surface area contributed by atoms with Crippen LogP contribution in [0, 0.1) is 0 Å². The van der Waals surface area contributed by atoms with Gasteiger partial charge >= 0.3 is 0 Å². The zero-order valence-electron chi connectivity index (χ0n) is 7.67. The lowest BCUT2D eigenvalue weighted by Crippen LogP contribution is -2.43. The highest BCUT2D eigenvalue weighted by molar-refractivity contribution is 7.99. The smallest absolute Gasteiger partial charge is 0.240 e. The zero-order chi connectivity index (χ0) is 8.97. The monoisotopic (exact) mass is 188 g/mol. The molecular weight excluding hydrogens is 172 g/mol. The fourth-order valence-corrected chi connectivity index (χ4v) is 2.20. The number of hydrogen-bond donors (Lipinski definition) is 1. The van der Waals surface area contributed by atoms with Gasteiger partial charge in [0, 0.05) is 25.2 Å². The van der Waals surface area contributed by atoms with Gasteiger partial charge in [0.1, 0.15) is 0 Å². The van der Waals surface area contributed by atoms with Gasteiger partial charge in [-0.1, -0.05) is 6.92 Å². The van der Waals surface area contributed by atoms with Crippen molar-refractivity contribution in [2.45, 2.75) is 19.4 Å². The molecule has 1 aliphatic heterocycles. The minimum absolute atomic E-state index is 0.0616. The van der Waals surface area contributed by atoms with Crippen molar-refractivity contribution in [3.63, 3.8) is 0 Å². The van der Waals surface area contributed by atoms with Crippen LogP contribution in [0.1, 0.15) is 13.3 Å². The van der Waals surface area contributed by atoms with Crippen LogP contribution < -0.4 is 5.32 Å². The number of carbonyl (C=O) groups excluding carboxylic acids is 1. The average Bonchev–Trinajstić information content (AvgIpc) is 2.55. The van der Waals surface area contributed by atoms with Crippen molar-refractivity contribution in [2.75, 3.05) is 25.2 Å². The summed E-state index contributed by atoms with van der Waals surface area (Å²) >= 11 is 1.79. The highest BCUT2D eigenvalue weighted by Gasteiger charge is 2.24. The van der Waals surface area contributed by atoms with Crippen molar-refractivity contribution in [3.8, 4) is 0 Å². The van der Waals surface area contributed by atoms with Crippen LogP contribution in [0.3, 0.4) is 0 Å². The molecule has 0 aromatic heterocycles. The Labute approximate surface area is 77.9 Å². The van der Waals surface area contributed by atoms with Gasteiger partial charge in [-0.2, -0.15) is 0 Å². The maximum Gasteiger partial charge on any atom is 0.240 e. The highest BCUT2D eigenvalue weighted by atomic mass is 32.2. The maximum atomic E-state index is 11.6. The molecule has 0 aromatic carbocycles. The van der Waals surface area contributed by atoms with Crippen LogP contribution in [-0.4, -0.2) is 42.1 Å². The van der Waals surface area contributed by atoms with E-state index in [1.54, 1.807) is 11.8 Å². The van der Waals surface area contributed by atoms with Crippen molar-refractivity contribution >= 4 is 17.7 Å². The van der Waals surface area contributed by atoms with E-state index in [0.717, 1.165) is 24.6 Å². The molecule has 1 fully saturated rings. The first-order chi connectivity index (χ1) is 5.75. The Bertz CT molecular complexity index is 157. The first kappa shape index (κ1) is 9.86. The summed E-state index contributed by atoms with van der Waals surface area (Å²) in [6.07, 6.45) is 1.03. The van der Waals surface area contributed by atoms with Crippen molar-refractivity contribution in [2.24, 2.45) is 0 Å². The normalized spacial score (nSPS) is 22.7. The summed E-state index contributed by atoms with van der Waals surface area (Å²) in [5.74, 6) is 2.07. The Hall–Kier alpha value is -0.220. The average molecular weight is 188 g/mol. The Balaban J connectivity index is 2.34. The lowest BCUT2D eigenvalue weighted by Gasteiger charge is -2.19. The molecule has 1 amide bonds. The van der Waals surface area contributed by atoms with Crippen LogP contribution >= 0.6 is 11.8 Å². The van der Waals surface area contributed by atoms with Crippen molar-refractivity contribution < 1.29 is 4.79 Å².